The molecule has 0 unspecified atom stereocenters. The molecule has 0 amide bonds. The van der Waals surface area contributed by atoms with Crippen LogP contribution < -0.4 is 4.72 Å². The van der Waals surface area contributed by atoms with Gasteiger partial charge in [-0.05, 0) is 36.3 Å². The van der Waals surface area contributed by atoms with Crippen molar-refractivity contribution in [3.05, 3.63) is 60.5 Å². The average molecular weight is 299 g/mol. The molecular weight excluding hydrogens is 278 g/mol. The summed E-state index contributed by atoms with van der Waals surface area (Å²) in [6.07, 6.45) is 23.1. The monoisotopic (exact) mass is 299 g/mol. The second-order valence-corrected chi connectivity index (χ2v) is 5.85. The Balaban J connectivity index is 2.20. The van der Waals surface area contributed by atoms with E-state index >= 15 is 0 Å². The first-order chi connectivity index (χ1) is 10.4. The minimum Gasteiger partial charge on any atom is -0.334 e. The smallest absolute Gasteiger partial charge is 0.131 e. The third kappa shape index (κ3) is 4.57. The van der Waals surface area contributed by atoms with Crippen molar-refractivity contribution < 1.29 is 0 Å². The molecule has 110 valence electrons. The van der Waals surface area contributed by atoms with Crippen LogP contribution in [0.5, 0.6) is 0 Å². The Morgan fingerprint density at radius 2 is 1.67 bits per heavy atom. The van der Waals surface area contributed by atoms with E-state index in [0.717, 1.165) is 25.7 Å². The fourth-order valence-corrected chi connectivity index (χ4v) is 2.96. The largest absolute Gasteiger partial charge is 0.334 e. The summed E-state index contributed by atoms with van der Waals surface area (Å²) in [4.78, 5) is 2.05. The number of nitriles is 1. The van der Waals surface area contributed by atoms with Crippen LogP contribution in [0.15, 0.2) is 60.5 Å². The quantitative estimate of drug-likeness (QED) is 0.729. The predicted molar refractivity (Wildman–Crippen MR) is 89.7 cm³/mol. The molecule has 2 rings (SSSR count). The van der Waals surface area contributed by atoms with E-state index in [1.165, 1.54) is 18.4 Å². The Morgan fingerprint density at radius 1 is 0.952 bits per heavy atom. The van der Waals surface area contributed by atoms with E-state index in [9.17, 15) is 5.26 Å². The van der Waals surface area contributed by atoms with Crippen molar-refractivity contribution in [1.29, 1.82) is 5.26 Å². The van der Waals surface area contributed by atoms with Gasteiger partial charge in [0, 0.05) is 18.6 Å². The van der Waals surface area contributed by atoms with Gasteiger partial charge in [0.25, 0.3) is 0 Å². The standard InChI is InChI=1S/C17H21N3S/c18-16-17(10-6-5-7-11-17)20-13-8-3-1-2-4-9-15-21-19-12-14-20/h1-4,8-9,12-15,19H,5-7,10-11H2. The van der Waals surface area contributed by atoms with Gasteiger partial charge in [0.2, 0.25) is 0 Å². The summed E-state index contributed by atoms with van der Waals surface area (Å²) in [5.74, 6) is 0. The van der Waals surface area contributed by atoms with Crippen LogP contribution in [0.4, 0.5) is 0 Å². The first kappa shape index (κ1) is 15.5. The maximum absolute atomic E-state index is 9.70. The van der Waals surface area contributed by atoms with Gasteiger partial charge in [-0.2, -0.15) is 5.26 Å². The summed E-state index contributed by atoms with van der Waals surface area (Å²) in [7, 11) is 0. The van der Waals surface area contributed by atoms with Crippen molar-refractivity contribution in [2.24, 2.45) is 0 Å². The highest BCUT2D eigenvalue weighted by Gasteiger charge is 2.35. The molecule has 0 radical (unpaired) electrons. The van der Waals surface area contributed by atoms with E-state index in [0.29, 0.717) is 0 Å². The SMILES string of the molecule is N#CC1(N2C=CC=CC=CC=CSNC=C2)CCCCC1. The topological polar surface area (TPSA) is 39.1 Å². The highest BCUT2D eigenvalue weighted by Crippen LogP contribution is 2.33. The molecular formula is C17H21N3S. The van der Waals surface area contributed by atoms with Gasteiger partial charge in [-0.25, -0.2) is 0 Å². The number of nitrogens with one attached hydrogen (secondary N) is 1. The van der Waals surface area contributed by atoms with Gasteiger partial charge < -0.3 is 9.62 Å². The highest BCUT2D eigenvalue weighted by molar-refractivity contribution is 8.00. The van der Waals surface area contributed by atoms with Gasteiger partial charge in [-0.15, -0.1) is 0 Å². The van der Waals surface area contributed by atoms with Crippen LogP contribution in [0.2, 0.25) is 0 Å². The van der Waals surface area contributed by atoms with E-state index < -0.39 is 5.54 Å². The molecule has 1 aliphatic carbocycles. The molecule has 1 N–H and O–H groups in total. The molecule has 0 aromatic heterocycles. The van der Waals surface area contributed by atoms with Crippen LogP contribution >= 0.6 is 11.9 Å². The zero-order chi connectivity index (χ0) is 14.8. The van der Waals surface area contributed by atoms with Crippen molar-refractivity contribution in [1.82, 2.24) is 9.62 Å². The van der Waals surface area contributed by atoms with Crippen molar-refractivity contribution in [2.45, 2.75) is 37.6 Å². The van der Waals surface area contributed by atoms with Gasteiger partial charge in [0.05, 0.1) is 6.07 Å². The van der Waals surface area contributed by atoms with E-state index in [1.54, 1.807) is 0 Å². The normalized spacial score (nSPS) is 21.8. The van der Waals surface area contributed by atoms with Gasteiger partial charge in [-0.1, -0.05) is 49.6 Å². The Bertz CT molecular complexity index is 503. The predicted octanol–water partition coefficient (Wildman–Crippen LogP) is 4.38. The molecule has 0 bridgehead atoms. The van der Waals surface area contributed by atoms with Crippen LogP contribution in [-0.4, -0.2) is 10.4 Å². The average Bonchev–Trinajstić information content (AvgIpc) is 2.56. The van der Waals surface area contributed by atoms with Crippen molar-refractivity contribution in [3.8, 4) is 6.07 Å². The Kier molecular flexibility index (Phi) is 6.23. The zero-order valence-electron chi connectivity index (χ0n) is 12.1. The first-order valence-corrected chi connectivity index (χ1v) is 8.20. The highest BCUT2D eigenvalue weighted by atomic mass is 32.2. The lowest BCUT2D eigenvalue weighted by molar-refractivity contribution is 0.201. The van der Waals surface area contributed by atoms with E-state index in [2.05, 4.69) is 15.7 Å². The Morgan fingerprint density at radius 3 is 2.43 bits per heavy atom. The molecule has 1 saturated carbocycles. The van der Waals surface area contributed by atoms with Crippen molar-refractivity contribution in [2.75, 3.05) is 0 Å². The molecule has 0 spiro atoms. The molecule has 2 aliphatic rings. The van der Waals surface area contributed by atoms with E-state index in [4.69, 9.17) is 0 Å². The molecule has 0 atom stereocenters. The minimum atomic E-state index is -0.405. The lowest BCUT2D eigenvalue weighted by atomic mass is 9.81. The van der Waals surface area contributed by atoms with E-state index in [1.807, 2.05) is 60.5 Å². The number of nitrogens with zero attached hydrogens (tertiary/aromatic N) is 2. The molecule has 21 heavy (non-hydrogen) atoms. The fraction of sp³-hybridized carbons (Fsp3) is 0.353. The van der Waals surface area contributed by atoms with Crippen molar-refractivity contribution in [3.63, 3.8) is 0 Å². The lowest BCUT2D eigenvalue weighted by Gasteiger charge is -2.38. The molecule has 1 fully saturated rings. The van der Waals surface area contributed by atoms with Crippen LogP contribution in [0, 0.1) is 11.3 Å². The third-order valence-corrected chi connectivity index (χ3v) is 4.27. The summed E-state index contributed by atoms with van der Waals surface area (Å²) in [5, 5.41) is 11.7. The molecule has 4 heteroatoms. The van der Waals surface area contributed by atoms with E-state index in [-0.39, 0.29) is 0 Å². The zero-order valence-corrected chi connectivity index (χ0v) is 12.9. The maximum atomic E-state index is 9.70. The molecule has 1 aliphatic heterocycles. The van der Waals surface area contributed by atoms with Crippen LogP contribution in [0.1, 0.15) is 32.1 Å². The molecule has 0 saturated heterocycles. The van der Waals surface area contributed by atoms with Crippen LogP contribution in [0.25, 0.3) is 0 Å². The summed E-state index contributed by atoms with van der Waals surface area (Å²) in [6, 6.07) is 2.55. The van der Waals surface area contributed by atoms with Crippen LogP contribution in [0.3, 0.4) is 0 Å². The second kappa shape index (κ2) is 8.43. The molecule has 0 aromatic rings. The van der Waals surface area contributed by atoms with Gasteiger partial charge >= 0.3 is 0 Å². The minimum absolute atomic E-state index is 0.405. The molecule has 3 nitrogen and oxygen atoms in total. The van der Waals surface area contributed by atoms with Crippen LogP contribution in [-0.2, 0) is 0 Å². The molecule has 0 aromatic carbocycles. The van der Waals surface area contributed by atoms with Crippen molar-refractivity contribution >= 4 is 11.9 Å². The van der Waals surface area contributed by atoms with Gasteiger partial charge in [0.15, 0.2) is 0 Å². The lowest BCUT2D eigenvalue weighted by Crippen LogP contribution is -2.43. The second-order valence-electron chi connectivity index (χ2n) is 5.10. The first-order valence-electron chi connectivity index (χ1n) is 7.32. The third-order valence-electron chi connectivity index (χ3n) is 3.70. The summed E-state index contributed by atoms with van der Waals surface area (Å²) >= 11 is 1.50. The fourth-order valence-electron chi connectivity index (χ4n) is 2.57. The number of allylic oxidation sites excluding steroid dienone is 6. The maximum Gasteiger partial charge on any atom is 0.131 e. The molecule has 1 heterocycles. The Labute approximate surface area is 131 Å². The summed E-state index contributed by atoms with van der Waals surface area (Å²) in [5.41, 5.74) is -0.405. The number of rotatable bonds is 1. The summed E-state index contributed by atoms with van der Waals surface area (Å²) < 4.78 is 3.14. The number of hydrogen-bond donors (Lipinski definition) is 1. The van der Waals surface area contributed by atoms with Gasteiger partial charge in [-0.3, -0.25) is 0 Å². The summed E-state index contributed by atoms with van der Waals surface area (Å²) in [6.45, 7) is 0. The number of hydrogen-bond acceptors (Lipinski definition) is 4. The van der Waals surface area contributed by atoms with Gasteiger partial charge in [0.1, 0.15) is 5.54 Å². The Hall–Kier alpha value is -1.86.